The minimum Gasteiger partial charge on any atom is -0.359 e. The van der Waals surface area contributed by atoms with Crippen LogP contribution >= 0.6 is 0 Å². The molecule has 0 aliphatic heterocycles. The molecule has 0 aromatic carbocycles. The van der Waals surface area contributed by atoms with Gasteiger partial charge in [0.25, 0.3) is 0 Å². The molecule has 170 valence electrons. The van der Waals surface area contributed by atoms with Crippen LogP contribution in [-0.2, 0) is 19.1 Å². The lowest BCUT2D eigenvalue weighted by Gasteiger charge is -2.62. The van der Waals surface area contributed by atoms with Gasteiger partial charge >= 0.3 is 0 Å². The van der Waals surface area contributed by atoms with Crippen molar-refractivity contribution in [2.75, 3.05) is 13.9 Å². The summed E-state index contributed by atoms with van der Waals surface area (Å²) in [7, 11) is 1.71. The predicted molar refractivity (Wildman–Crippen MR) is 117 cm³/mol. The molecule has 0 heterocycles. The maximum Gasteiger partial charge on any atom is 0.146 e. The highest BCUT2D eigenvalue weighted by atomic mass is 16.7. The molecular formula is C26H42O4. The fourth-order valence-corrected chi connectivity index (χ4v) is 8.83. The van der Waals surface area contributed by atoms with E-state index in [1.807, 2.05) is 0 Å². The largest absolute Gasteiger partial charge is 0.359 e. The Balaban J connectivity index is 1.62. The minimum atomic E-state index is 0.215. The molecule has 4 nitrogen and oxygen atoms in total. The van der Waals surface area contributed by atoms with Gasteiger partial charge in [0.2, 0.25) is 0 Å². The van der Waals surface area contributed by atoms with E-state index in [0.717, 1.165) is 38.4 Å². The quantitative estimate of drug-likeness (QED) is 0.409. The number of carbonyl (C=O) groups excluding carboxylic acids is 2. The van der Waals surface area contributed by atoms with Gasteiger partial charge < -0.3 is 14.3 Å². The van der Waals surface area contributed by atoms with Crippen LogP contribution < -0.4 is 0 Å². The van der Waals surface area contributed by atoms with Gasteiger partial charge in [0, 0.05) is 26.4 Å². The van der Waals surface area contributed by atoms with Gasteiger partial charge in [-0.2, -0.15) is 0 Å². The van der Waals surface area contributed by atoms with Crippen molar-refractivity contribution in [2.45, 2.75) is 91.1 Å². The van der Waals surface area contributed by atoms with E-state index in [1.54, 1.807) is 7.11 Å². The van der Waals surface area contributed by atoms with Crippen LogP contribution in [0.4, 0.5) is 0 Å². The number of hydrogen-bond donors (Lipinski definition) is 0. The molecule has 4 fully saturated rings. The van der Waals surface area contributed by atoms with Crippen LogP contribution in [0.5, 0.6) is 0 Å². The Hall–Kier alpha value is -0.740. The molecule has 4 heteroatoms. The third-order valence-electron chi connectivity index (χ3n) is 10.4. The van der Waals surface area contributed by atoms with Gasteiger partial charge in [0.05, 0.1) is 6.10 Å². The average molecular weight is 419 g/mol. The molecule has 0 radical (unpaired) electrons. The van der Waals surface area contributed by atoms with Crippen molar-refractivity contribution in [2.24, 2.45) is 46.3 Å². The highest BCUT2D eigenvalue weighted by Gasteiger charge is 2.63. The molecule has 9 atom stereocenters. The third kappa shape index (κ3) is 3.60. The molecule has 0 aromatic heterocycles. The topological polar surface area (TPSA) is 52.6 Å². The van der Waals surface area contributed by atoms with Gasteiger partial charge in [-0.3, -0.25) is 4.79 Å². The first-order chi connectivity index (χ1) is 14.3. The van der Waals surface area contributed by atoms with Crippen LogP contribution in [0, 0.1) is 46.3 Å². The maximum absolute atomic E-state index is 12.3. The zero-order valence-electron chi connectivity index (χ0n) is 19.5. The molecule has 4 aliphatic carbocycles. The number of aldehydes is 1. The lowest BCUT2D eigenvalue weighted by Crippen LogP contribution is -2.59. The molecule has 0 aromatic rings. The standard InChI is InChI=1S/C26H42O4/c1-17(6-5-13-27)20-7-8-21-24-22(10-12-26(20,21)3)25(2)11-9-19(28)14-18(25)15-23(24)30-16-29-4/h13,17-18,20-24H,5-12,14-16H2,1-4H3/t17-,18-,20-,21?,22?,23-,24?,25+,26-/m1/s1. The Labute approximate surface area is 182 Å². The van der Waals surface area contributed by atoms with Crippen molar-refractivity contribution in [3.8, 4) is 0 Å². The van der Waals surface area contributed by atoms with Crippen LogP contribution in [0.25, 0.3) is 0 Å². The number of Topliss-reactive ketones (excluding diaryl/α,β-unsaturated/α-hetero) is 1. The number of ether oxygens (including phenoxy) is 2. The average Bonchev–Trinajstić information content (AvgIpc) is 3.08. The second-order valence-electron chi connectivity index (χ2n) is 11.5. The van der Waals surface area contributed by atoms with Gasteiger partial charge in [-0.1, -0.05) is 20.8 Å². The molecule has 4 aliphatic rings. The van der Waals surface area contributed by atoms with Gasteiger partial charge in [-0.05, 0) is 91.3 Å². The molecule has 4 saturated carbocycles. The van der Waals surface area contributed by atoms with Crippen molar-refractivity contribution in [1.29, 1.82) is 0 Å². The fourth-order valence-electron chi connectivity index (χ4n) is 8.83. The Kier molecular flexibility index (Phi) is 6.48. The highest BCUT2D eigenvalue weighted by molar-refractivity contribution is 5.79. The molecule has 0 N–H and O–H groups in total. The summed E-state index contributed by atoms with van der Waals surface area (Å²) in [5.74, 6) is 4.17. The van der Waals surface area contributed by atoms with Crippen LogP contribution in [0.2, 0.25) is 0 Å². The lowest BCUT2D eigenvalue weighted by molar-refractivity contribution is -0.201. The zero-order valence-corrected chi connectivity index (χ0v) is 19.5. The van der Waals surface area contributed by atoms with Crippen molar-refractivity contribution in [1.82, 2.24) is 0 Å². The Morgan fingerprint density at radius 2 is 1.90 bits per heavy atom. The molecule has 0 bridgehead atoms. The molecule has 0 spiro atoms. The molecule has 4 rings (SSSR count). The zero-order chi connectivity index (χ0) is 21.5. The van der Waals surface area contributed by atoms with E-state index in [1.165, 1.54) is 25.7 Å². The smallest absolute Gasteiger partial charge is 0.146 e. The number of ketones is 1. The molecular weight excluding hydrogens is 376 g/mol. The van der Waals surface area contributed by atoms with Crippen LogP contribution in [0.15, 0.2) is 0 Å². The van der Waals surface area contributed by atoms with E-state index >= 15 is 0 Å². The van der Waals surface area contributed by atoms with Gasteiger partial charge in [-0.15, -0.1) is 0 Å². The monoisotopic (exact) mass is 418 g/mol. The second kappa shape index (κ2) is 8.65. The number of methoxy groups -OCH3 is 1. The van der Waals surface area contributed by atoms with Crippen molar-refractivity contribution in [3.63, 3.8) is 0 Å². The number of rotatable bonds is 7. The fraction of sp³-hybridized carbons (Fsp3) is 0.923. The molecule has 0 amide bonds. The number of carbonyl (C=O) groups is 2. The van der Waals surface area contributed by atoms with Crippen LogP contribution in [-0.4, -0.2) is 32.1 Å². The Morgan fingerprint density at radius 1 is 1.13 bits per heavy atom. The molecule has 0 saturated heterocycles. The normalized spacial score (nSPS) is 46.6. The number of hydrogen-bond acceptors (Lipinski definition) is 4. The SMILES string of the molecule is COCO[C@@H]1C[C@H]2CC(=O)CC[C@]2(C)C2CC[C@@]3(C)C(CC[C@@H]3[C@H](C)CCC=O)C21. The summed E-state index contributed by atoms with van der Waals surface area (Å²) in [5.41, 5.74) is 0.639. The van der Waals surface area contributed by atoms with E-state index in [2.05, 4.69) is 20.8 Å². The highest BCUT2D eigenvalue weighted by Crippen LogP contribution is 2.68. The van der Waals surface area contributed by atoms with Crippen molar-refractivity contribution < 1.29 is 19.1 Å². The van der Waals surface area contributed by atoms with Crippen LogP contribution in [0.1, 0.15) is 85.0 Å². The molecule has 3 unspecified atom stereocenters. The van der Waals surface area contributed by atoms with E-state index in [-0.39, 0.29) is 11.5 Å². The minimum absolute atomic E-state index is 0.215. The Bertz CT molecular complexity index is 647. The summed E-state index contributed by atoms with van der Waals surface area (Å²) in [6.07, 6.45) is 11.8. The van der Waals surface area contributed by atoms with Crippen molar-refractivity contribution >= 4 is 12.1 Å². The first-order valence-electron chi connectivity index (χ1n) is 12.4. The van der Waals surface area contributed by atoms with Crippen molar-refractivity contribution in [3.05, 3.63) is 0 Å². The summed E-state index contributed by atoms with van der Waals surface area (Å²) in [4.78, 5) is 23.2. The summed E-state index contributed by atoms with van der Waals surface area (Å²) < 4.78 is 11.7. The first-order valence-corrected chi connectivity index (χ1v) is 12.4. The van der Waals surface area contributed by atoms with Gasteiger partial charge in [-0.25, -0.2) is 0 Å². The summed E-state index contributed by atoms with van der Waals surface area (Å²) in [5, 5.41) is 0. The van der Waals surface area contributed by atoms with Crippen LogP contribution in [0.3, 0.4) is 0 Å². The van der Waals surface area contributed by atoms with E-state index < -0.39 is 0 Å². The van der Waals surface area contributed by atoms with E-state index in [0.29, 0.717) is 59.9 Å². The number of fused-ring (bicyclic) bond motifs is 5. The van der Waals surface area contributed by atoms with Gasteiger partial charge in [0.15, 0.2) is 0 Å². The summed E-state index contributed by atoms with van der Waals surface area (Å²) >= 11 is 0. The summed E-state index contributed by atoms with van der Waals surface area (Å²) in [6, 6.07) is 0. The van der Waals surface area contributed by atoms with Gasteiger partial charge in [0.1, 0.15) is 18.9 Å². The predicted octanol–water partition coefficient (Wildman–Crippen LogP) is 5.43. The van der Waals surface area contributed by atoms with E-state index in [9.17, 15) is 9.59 Å². The summed E-state index contributed by atoms with van der Waals surface area (Å²) in [6.45, 7) is 7.77. The maximum atomic E-state index is 12.3. The van der Waals surface area contributed by atoms with E-state index in [4.69, 9.17) is 9.47 Å². The first kappa shape index (κ1) is 22.5. The lowest BCUT2D eigenvalue weighted by atomic mass is 9.43. The second-order valence-corrected chi connectivity index (χ2v) is 11.5. The molecule has 30 heavy (non-hydrogen) atoms. The Morgan fingerprint density at radius 3 is 2.63 bits per heavy atom. The third-order valence-corrected chi connectivity index (χ3v) is 10.4.